The van der Waals surface area contributed by atoms with E-state index in [2.05, 4.69) is 27.4 Å². The molecule has 0 aliphatic heterocycles. The molecule has 0 aliphatic rings. The normalized spacial score (nSPS) is 10.6. The molecule has 0 aliphatic carbocycles. The van der Waals surface area contributed by atoms with Crippen molar-refractivity contribution in [3.63, 3.8) is 0 Å². The quantitative estimate of drug-likeness (QED) is 0.375. The molecule has 0 radical (unpaired) electrons. The lowest BCUT2D eigenvalue weighted by atomic mass is 10.2. The molecule has 0 saturated carbocycles. The molecule has 1 aromatic heterocycles. The van der Waals surface area contributed by atoms with Gasteiger partial charge in [-0.05, 0) is 36.8 Å². The number of hydrogen-bond donors (Lipinski definition) is 2. The van der Waals surface area contributed by atoms with Crippen LogP contribution in [-0.2, 0) is 22.6 Å². The summed E-state index contributed by atoms with van der Waals surface area (Å²) in [6.07, 6.45) is 1.63. The molecule has 0 bridgehead atoms. The Morgan fingerprint density at radius 3 is 2.53 bits per heavy atom. The molecule has 3 aromatic rings. The zero-order valence-electron chi connectivity index (χ0n) is 17.3. The Kier molecular flexibility index (Phi) is 7.72. The second kappa shape index (κ2) is 10.7. The van der Waals surface area contributed by atoms with Crippen LogP contribution in [0.3, 0.4) is 0 Å². The first-order valence-corrected chi connectivity index (χ1v) is 10.6. The first kappa shape index (κ1) is 23.1. The van der Waals surface area contributed by atoms with Gasteiger partial charge in [-0.15, -0.1) is 16.8 Å². The third-order valence-corrected chi connectivity index (χ3v) is 5.23. The summed E-state index contributed by atoms with van der Waals surface area (Å²) in [5.41, 5.74) is 1.86. The lowest BCUT2D eigenvalue weighted by molar-refractivity contribution is -0.116. The second-order valence-electron chi connectivity index (χ2n) is 6.86. The average molecular weight is 458 g/mol. The van der Waals surface area contributed by atoms with Crippen LogP contribution >= 0.6 is 11.8 Å². The van der Waals surface area contributed by atoms with Gasteiger partial charge in [0.1, 0.15) is 5.82 Å². The van der Waals surface area contributed by atoms with E-state index in [1.165, 1.54) is 6.07 Å². The van der Waals surface area contributed by atoms with Gasteiger partial charge in [0, 0.05) is 24.0 Å². The fourth-order valence-corrected chi connectivity index (χ4v) is 3.61. The van der Waals surface area contributed by atoms with Crippen molar-refractivity contribution in [2.24, 2.45) is 0 Å². The number of nitrogens with one attached hydrogen (secondary N) is 2. The zero-order chi connectivity index (χ0) is 23.1. The van der Waals surface area contributed by atoms with Crippen molar-refractivity contribution in [3.8, 4) is 0 Å². The van der Waals surface area contributed by atoms with Crippen LogP contribution in [-0.4, -0.2) is 32.3 Å². The van der Waals surface area contributed by atoms with Crippen molar-refractivity contribution in [2.75, 3.05) is 16.4 Å². The fraction of sp³-hybridized carbons (Fsp3) is 0.182. The van der Waals surface area contributed by atoms with Crippen LogP contribution in [0.25, 0.3) is 0 Å². The van der Waals surface area contributed by atoms with Gasteiger partial charge in [-0.25, -0.2) is 8.78 Å². The van der Waals surface area contributed by atoms with E-state index in [0.29, 0.717) is 23.2 Å². The lowest BCUT2D eigenvalue weighted by Gasteiger charge is -2.09. The van der Waals surface area contributed by atoms with E-state index in [1.54, 1.807) is 16.7 Å². The largest absolute Gasteiger partial charge is 0.326 e. The molecule has 2 aromatic carbocycles. The number of benzene rings is 2. The number of halogens is 2. The van der Waals surface area contributed by atoms with Crippen LogP contribution in [0.2, 0.25) is 0 Å². The maximum atomic E-state index is 13.3. The minimum atomic E-state index is -1.05. The maximum absolute atomic E-state index is 13.3. The second-order valence-corrected chi connectivity index (χ2v) is 7.80. The number of thioether (sulfide) groups is 1. The van der Waals surface area contributed by atoms with E-state index < -0.39 is 17.5 Å². The Bertz CT molecular complexity index is 1150. The molecule has 0 atom stereocenters. The van der Waals surface area contributed by atoms with Crippen LogP contribution in [0, 0.1) is 18.6 Å². The van der Waals surface area contributed by atoms with Crippen molar-refractivity contribution in [1.29, 1.82) is 0 Å². The summed E-state index contributed by atoms with van der Waals surface area (Å²) in [5.74, 6) is -2.32. The predicted octanol–water partition coefficient (Wildman–Crippen LogP) is 3.96. The van der Waals surface area contributed by atoms with Gasteiger partial charge in [0.15, 0.2) is 16.8 Å². The minimum absolute atomic E-state index is 0.00358. The summed E-state index contributed by atoms with van der Waals surface area (Å²) < 4.78 is 28.0. The van der Waals surface area contributed by atoms with Gasteiger partial charge in [0.25, 0.3) is 0 Å². The van der Waals surface area contributed by atoms with E-state index in [9.17, 15) is 18.4 Å². The van der Waals surface area contributed by atoms with Crippen LogP contribution in [0.15, 0.2) is 60.3 Å². The zero-order valence-corrected chi connectivity index (χ0v) is 18.1. The number of anilines is 2. The monoisotopic (exact) mass is 457 g/mol. The molecule has 2 amide bonds. The van der Waals surface area contributed by atoms with Gasteiger partial charge in [0.2, 0.25) is 11.8 Å². The van der Waals surface area contributed by atoms with E-state index in [0.717, 1.165) is 29.5 Å². The van der Waals surface area contributed by atoms with E-state index in [1.807, 2.05) is 25.1 Å². The van der Waals surface area contributed by atoms with Crippen molar-refractivity contribution in [3.05, 3.63) is 78.1 Å². The number of aryl methyl sites for hydroxylation is 1. The Morgan fingerprint density at radius 2 is 1.81 bits per heavy atom. The van der Waals surface area contributed by atoms with Crippen molar-refractivity contribution >= 4 is 35.0 Å². The molecular weight excluding hydrogens is 436 g/mol. The summed E-state index contributed by atoms with van der Waals surface area (Å²) in [4.78, 5) is 24.6. The standard InChI is InChI=1S/C22H21F2N5O2S/c1-3-9-29-19(12-20(30)25-15-6-4-5-14(2)10-15)27-28-22(29)32-13-21(31)26-16-7-8-17(23)18(24)11-16/h3-8,10-11H,1,9,12-13H2,2H3,(H,25,30)(H,26,31). The number of hydrogen-bond acceptors (Lipinski definition) is 5. The van der Waals surface area contributed by atoms with Gasteiger partial charge < -0.3 is 15.2 Å². The number of amides is 2. The molecule has 0 unspecified atom stereocenters. The van der Waals surface area contributed by atoms with Crippen LogP contribution in [0.1, 0.15) is 11.4 Å². The average Bonchev–Trinajstić information content (AvgIpc) is 3.11. The van der Waals surface area contributed by atoms with Crippen LogP contribution < -0.4 is 10.6 Å². The predicted molar refractivity (Wildman–Crippen MR) is 119 cm³/mol. The summed E-state index contributed by atoms with van der Waals surface area (Å²) in [6.45, 7) is 6.00. The van der Waals surface area contributed by atoms with Crippen molar-refractivity contribution in [1.82, 2.24) is 14.8 Å². The highest BCUT2D eigenvalue weighted by Crippen LogP contribution is 2.19. The Balaban J connectivity index is 1.62. The third kappa shape index (κ3) is 6.24. The number of nitrogens with zero attached hydrogens (tertiary/aromatic N) is 3. The van der Waals surface area contributed by atoms with Gasteiger partial charge in [-0.3, -0.25) is 9.59 Å². The van der Waals surface area contributed by atoms with Gasteiger partial charge in [0.05, 0.1) is 12.2 Å². The summed E-state index contributed by atoms with van der Waals surface area (Å²) in [7, 11) is 0. The SMILES string of the molecule is C=CCn1c(CC(=O)Nc2cccc(C)c2)nnc1SCC(=O)Nc1ccc(F)c(F)c1. The minimum Gasteiger partial charge on any atom is -0.326 e. The van der Waals surface area contributed by atoms with Crippen molar-refractivity contribution in [2.45, 2.75) is 25.0 Å². The summed E-state index contributed by atoms with van der Waals surface area (Å²) in [5, 5.41) is 13.9. The molecule has 0 saturated heterocycles. The fourth-order valence-electron chi connectivity index (χ4n) is 2.84. The highest BCUT2D eigenvalue weighted by Gasteiger charge is 2.17. The third-order valence-electron chi connectivity index (χ3n) is 4.26. The number of carbonyl (C=O) groups excluding carboxylic acids is 2. The molecular formula is C22H21F2N5O2S. The smallest absolute Gasteiger partial charge is 0.234 e. The van der Waals surface area contributed by atoms with Gasteiger partial charge >= 0.3 is 0 Å². The van der Waals surface area contributed by atoms with E-state index in [4.69, 9.17) is 0 Å². The maximum Gasteiger partial charge on any atom is 0.234 e. The first-order chi connectivity index (χ1) is 15.4. The van der Waals surface area contributed by atoms with E-state index >= 15 is 0 Å². The molecule has 0 fully saturated rings. The highest BCUT2D eigenvalue weighted by atomic mass is 32.2. The molecule has 0 spiro atoms. The van der Waals surface area contributed by atoms with E-state index in [-0.39, 0.29) is 23.8 Å². The molecule has 10 heteroatoms. The van der Waals surface area contributed by atoms with Crippen LogP contribution in [0.4, 0.5) is 20.2 Å². The number of rotatable bonds is 9. The summed E-state index contributed by atoms with van der Waals surface area (Å²) in [6, 6.07) is 10.6. The van der Waals surface area contributed by atoms with Crippen molar-refractivity contribution < 1.29 is 18.4 Å². The molecule has 7 nitrogen and oxygen atoms in total. The highest BCUT2D eigenvalue weighted by molar-refractivity contribution is 7.99. The molecule has 3 rings (SSSR count). The lowest BCUT2D eigenvalue weighted by Crippen LogP contribution is -2.18. The number of aromatic nitrogens is 3. The molecule has 2 N–H and O–H groups in total. The van der Waals surface area contributed by atoms with Gasteiger partial charge in [-0.2, -0.15) is 0 Å². The molecule has 32 heavy (non-hydrogen) atoms. The summed E-state index contributed by atoms with van der Waals surface area (Å²) >= 11 is 1.11. The molecule has 166 valence electrons. The Morgan fingerprint density at radius 1 is 1.06 bits per heavy atom. The number of carbonyl (C=O) groups is 2. The number of allylic oxidation sites excluding steroid dienone is 1. The Labute approximate surface area is 187 Å². The molecule has 1 heterocycles. The first-order valence-electron chi connectivity index (χ1n) is 9.63. The van der Waals surface area contributed by atoms with Crippen LogP contribution in [0.5, 0.6) is 0 Å². The topological polar surface area (TPSA) is 88.9 Å². The van der Waals surface area contributed by atoms with Gasteiger partial charge in [-0.1, -0.05) is 30.0 Å². The Hall–Kier alpha value is -3.53.